The van der Waals surface area contributed by atoms with Gasteiger partial charge in [-0.2, -0.15) is 0 Å². The van der Waals surface area contributed by atoms with Gasteiger partial charge >= 0.3 is 5.97 Å². The predicted octanol–water partition coefficient (Wildman–Crippen LogP) is 0.0639. The fraction of sp³-hybridized carbons (Fsp3) is 0.545. The second kappa shape index (κ2) is 5.67. The zero-order valence-electron chi connectivity index (χ0n) is 9.64. The van der Waals surface area contributed by atoms with Crippen LogP contribution in [0.15, 0.2) is 12.3 Å². The summed E-state index contributed by atoms with van der Waals surface area (Å²) in [5, 5.41) is 9.47. The van der Waals surface area contributed by atoms with Crippen molar-refractivity contribution in [3.63, 3.8) is 0 Å². The van der Waals surface area contributed by atoms with Gasteiger partial charge in [0.05, 0.1) is 12.7 Å². The Hall–Kier alpha value is -1.33. The largest absolute Gasteiger partial charge is 0.461 e. The molecule has 0 aromatic carbocycles. The highest BCUT2D eigenvalue weighted by Gasteiger charge is 2.18. The maximum atomic E-state index is 11.7. The average molecular weight is 226 g/mol. The van der Waals surface area contributed by atoms with Crippen LogP contribution in [0.3, 0.4) is 0 Å². The molecule has 0 radical (unpaired) electrons. The van der Waals surface area contributed by atoms with Gasteiger partial charge in [0.1, 0.15) is 5.69 Å². The van der Waals surface area contributed by atoms with Crippen LogP contribution < -0.4 is 5.73 Å². The standard InChI is InChI=1S/C11H18N2O3/c1-3-16-11(15)10-8(4-5-13(10)2)6-9(14)7-12/h4-5,9,14H,3,6-7,12H2,1-2H3. The molecule has 1 aromatic heterocycles. The lowest BCUT2D eigenvalue weighted by atomic mass is 10.1. The van der Waals surface area contributed by atoms with Crippen molar-refractivity contribution in [1.29, 1.82) is 0 Å². The number of nitrogens with two attached hydrogens (primary N) is 1. The molecule has 5 heteroatoms. The normalized spacial score (nSPS) is 12.5. The van der Waals surface area contributed by atoms with Gasteiger partial charge in [0.15, 0.2) is 0 Å². The number of hydrogen-bond donors (Lipinski definition) is 2. The van der Waals surface area contributed by atoms with E-state index in [1.54, 1.807) is 30.8 Å². The zero-order valence-corrected chi connectivity index (χ0v) is 9.64. The smallest absolute Gasteiger partial charge is 0.355 e. The Morgan fingerprint density at radius 2 is 2.38 bits per heavy atom. The molecule has 90 valence electrons. The number of carbonyl (C=O) groups is 1. The van der Waals surface area contributed by atoms with E-state index in [2.05, 4.69) is 0 Å². The van der Waals surface area contributed by atoms with Crippen LogP contribution in [0.2, 0.25) is 0 Å². The first-order valence-corrected chi connectivity index (χ1v) is 5.29. The predicted molar refractivity (Wildman–Crippen MR) is 60.1 cm³/mol. The summed E-state index contributed by atoms with van der Waals surface area (Å²) in [5.74, 6) is -0.366. The van der Waals surface area contributed by atoms with Crippen LogP contribution in [-0.4, -0.2) is 34.9 Å². The second-order valence-corrected chi connectivity index (χ2v) is 3.61. The molecule has 5 nitrogen and oxygen atoms in total. The highest BCUT2D eigenvalue weighted by atomic mass is 16.5. The highest BCUT2D eigenvalue weighted by Crippen LogP contribution is 2.13. The molecule has 1 unspecified atom stereocenters. The van der Waals surface area contributed by atoms with E-state index in [0.717, 1.165) is 5.56 Å². The van der Waals surface area contributed by atoms with Gasteiger partial charge in [-0.15, -0.1) is 0 Å². The summed E-state index contributed by atoms with van der Waals surface area (Å²) >= 11 is 0. The fourth-order valence-corrected chi connectivity index (χ4v) is 1.56. The first-order chi connectivity index (χ1) is 7.60. The maximum absolute atomic E-state index is 11.7. The summed E-state index contributed by atoms with van der Waals surface area (Å²) in [6.45, 7) is 2.27. The summed E-state index contributed by atoms with van der Waals surface area (Å²) in [6, 6.07) is 1.80. The number of carbonyl (C=O) groups excluding carboxylic acids is 1. The van der Waals surface area contributed by atoms with Gasteiger partial charge in [-0.3, -0.25) is 0 Å². The Morgan fingerprint density at radius 3 is 2.94 bits per heavy atom. The lowest BCUT2D eigenvalue weighted by Crippen LogP contribution is -2.23. The summed E-state index contributed by atoms with van der Waals surface area (Å²) in [5.41, 5.74) is 6.58. The van der Waals surface area contributed by atoms with Crippen molar-refractivity contribution in [3.8, 4) is 0 Å². The molecular formula is C11H18N2O3. The summed E-state index contributed by atoms with van der Waals surface area (Å²) < 4.78 is 6.64. The summed E-state index contributed by atoms with van der Waals surface area (Å²) in [4.78, 5) is 11.7. The molecule has 0 aliphatic carbocycles. The van der Waals surface area contributed by atoms with Gasteiger partial charge in [-0.1, -0.05) is 0 Å². The van der Waals surface area contributed by atoms with Crippen molar-refractivity contribution in [2.75, 3.05) is 13.2 Å². The highest BCUT2D eigenvalue weighted by molar-refractivity contribution is 5.89. The van der Waals surface area contributed by atoms with Crippen LogP contribution in [0.25, 0.3) is 0 Å². The molecule has 1 atom stereocenters. The minimum Gasteiger partial charge on any atom is -0.461 e. The van der Waals surface area contributed by atoms with Crippen LogP contribution in [0.4, 0.5) is 0 Å². The molecule has 1 rings (SSSR count). The molecule has 0 saturated heterocycles. The Balaban J connectivity index is 2.89. The van der Waals surface area contributed by atoms with E-state index < -0.39 is 6.10 Å². The van der Waals surface area contributed by atoms with Crippen molar-refractivity contribution >= 4 is 5.97 Å². The third-order valence-corrected chi connectivity index (χ3v) is 2.35. The topological polar surface area (TPSA) is 77.5 Å². The number of nitrogens with zero attached hydrogens (tertiary/aromatic N) is 1. The number of aliphatic hydroxyl groups is 1. The van der Waals surface area contributed by atoms with E-state index in [1.165, 1.54) is 0 Å². The minimum atomic E-state index is -0.629. The van der Waals surface area contributed by atoms with Crippen LogP contribution in [0.1, 0.15) is 23.0 Å². The van der Waals surface area contributed by atoms with Gasteiger partial charge in [0.25, 0.3) is 0 Å². The molecule has 3 N–H and O–H groups in total. The monoisotopic (exact) mass is 226 g/mol. The zero-order chi connectivity index (χ0) is 12.1. The number of aryl methyl sites for hydroxylation is 1. The third kappa shape index (κ3) is 2.84. The SMILES string of the molecule is CCOC(=O)c1c(CC(O)CN)ccn1C. The molecule has 0 aliphatic heterocycles. The quantitative estimate of drug-likeness (QED) is 0.696. The first kappa shape index (κ1) is 12.7. The molecule has 0 amide bonds. The van der Waals surface area contributed by atoms with E-state index in [4.69, 9.17) is 10.5 Å². The number of rotatable bonds is 5. The number of aromatic nitrogens is 1. The number of ether oxygens (including phenoxy) is 1. The molecule has 0 fully saturated rings. The van der Waals surface area contributed by atoms with Crippen molar-refractivity contribution in [2.24, 2.45) is 12.8 Å². The van der Waals surface area contributed by atoms with E-state index >= 15 is 0 Å². The van der Waals surface area contributed by atoms with Crippen molar-refractivity contribution in [1.82, 2.24) is 4.57 Å². The lowest BCUT2D eigenvalue weighted by molar-refractivity contribution is 0.0513. The van der Waals surface area contributed by atoms with Crippen LogP contribution >= 0.6 is 0 Å². The number of esters is 1. The summed E-state index contributed by atoms with van der Waals surface area (Å²) in [7, 11) is 1.77. The van der Waals surface area contributed by atoms with Crippen molar-refractivity contribution in [2.45, 2.75) is 19.4 Å². The average Bonchev–Trinajstić information content (AvgIpc) is 2.60. The van der Waals surface area contributed by atoms with Gasteiger partial charge < -0.3 is 20.1 Å². The Labute approximate surface area is 94.8 Å². The van der Waals surface area contributed by atoms with E-state index in [-0.39, 0.29) is 12.5 Å². The molecular weight excluding hydrogens is 208 g/mol. The third-order valence-electron chi connectivity index (χ3n) is 2.35. The Kier molecular flexibility index (Phi) is 4.52. The molecule has 1 heterocycles. The summed E-state index contributed by atoms with van der Waals surface area (Å²) in [6.07, 6.45) is 1.51. The molecule has 1 aromatic rings. The van der Waals surface area contributed by atoms with Crippen LogP contribution in [0, 0.1) is 0 Å². The lowest BCUT2D eigenvalue weighted by Gasteiger charge is -2.09. The number of hydrogen-bond acceptors (Lipinski definition) is 4. The maximum Gasteiger partial charge on any atom is 0.355 e. The molecule has 0 bridgehead atoms. The Bertz CT molecular complexity index is 360. The molecule has 16 heavy (non-hydrogen) atoms. The molecule has 0 spiro atoms. The fourth-order valence-electron chi connectivity index (χ4n) is 1.56. The van der Waals surface area contributed by atoms with Crippen LogP contribution in [-0.2, 0) is 18.2 Å². The van der Waals surface area contributed by atoms with E-state index in [0.29, 0.717) is 18.7 Å². The van der Waals surface area contributed by atoms with Gasteiger partial charge in [0.2, 0.25) is 0 Å². The first-order valence-electron chi connectivity index (χ1n) is 5.29. The van der Waals surface area contributed by atoms with E-state index in [9.17, 15) is 9.90 Å². The molecule has 0 saturated carbocycles. The van der Waals surface area contributed by atoms with Crippen LogP contribution in [0.5, 0.6) is 0 Å². The van der Waals surface area contributed by atoms with Crippen molar-refractivity contribution in [3.05, 3.63) is 23.5 Å². The van der Waals surface area contributed by atoms with E-state index in [1.807, 2.05) is 0 Å². The van der Waals surface area contributed by atoms with Gasteiger partial charge in [-0.05, 0) is 18.6 Å². The van der Waals surface area contributed by atoms with Gasteiger partial charge in [-0.25, -0.2) is 4.79 Å². The number of aliphatic hydroxyl groups excluding tert-OH is 1. The Morgan fingerprint density at radius 1 is 1.69 bits per heavy atom. The molecule has 0 aliphatic rings. The minimum absolute atomic E-state index is 0.178. The van der Waals surface area contributed by atoms with Crippen molar-refractivity contribution < 1.29 is 14.6 Å². The second-order valence-electron chi connectivity index (χ2n) is 3.61. The van der Waals surface area contributed by atoms with Gasteiger partial charge in [0, 0.05) is 26.2 Å².